The summed E-state index contributed by atoms with van der Waals surface area (Å²) in [5.74, 6) is 1.35. The molecule has 0 atom stereocenters. The maximum absolute atomic E-state index is 5.60. The molecule has 0 saturated carbocycles. The summed E-state index contributed by atoms with van der Waals surface area (Å²) < 4.78 is 11.0. The maximum Gasteiger partial charge on any atom is 0.292 e. The van der Waals surface area contributed by atoms with Crippen molar-refractivity contribution in [3.05, 3.63) is 29.8 Å². The van der Waals surface area contributed by atoms with E-state index in [4.69, 9.17) is 14.6 Å². The smallest absolute Gasteiger partial charge is 0.292 e. The third-order valence-corrected chi connectivity index (χ3v) is 2.81. The van der Waals surface area contributed by atoms with Crippen LogP contribution in [-0.4, -0.2) is 9.97 Å². The summed E-state index contributed by atoms with van der Waals surface area (Å²) in [6.45, 7) is 3.83. The lowest BCUT2D eigenvalue weighted by Gasteiger charge is -1.98. The molecule has 2 N–H and O–H groups in total. The Balaban J connectivity index is 2.18. The zero-order chi connectivity index (χ0) is 12.7. The Hall–Kier alpha value is -2.30. The van der Waals surface area contributed by atoms with E-state index in [1.807, 2.05) is 32.0 Å². The minimum absolute atomic E-state index is 0.190. The highest BCUT2D eigenvalue weighted by atomic mass is 16.4. The number of hydrogen-bond donors (Lipinski definition) is 1. The Morgan fingerprint density at radius 3 is 2.83 bits per heavy atom. The largest absolute Gasteiger partial charge is 0.441 e. The van der Waals surface area contributed by atoms with Gasteiger partial charge in [0.25, 0.3) is 6.01 Å². The minimum atomic E-state index is 0.190. The fraction of sp³-hybridized carbons (Fsp3) is 0.231. The van der Waals surface area contributed by atoms with Gasteiger partial charge < -0.3 is 14.6 Å². The molecule has 92 valence electrons. The van der Waals surface area contributed by atoms with Crippen LogP contribution >= 0.6 is 0 Å². The zero-order valence-corrected chi connectivity index (χ0v) is 10.2. The van der Waals surface area contributed by atoms with Crippen LogP contribution in [0.4, 0.5) is 6.01 Å². The number of aromatic nitrogens is 2. The molecule has 1 aromatic carbocycles. The first-order valence-corrected chi connectivity index (χ1v) is 5.80. The normalized spacial score (nSPS) is 11.2. The van der Waals surface area contributed by atoms with Gasteiger partial charge in [-0.05, 0) is 24.6 Å². The molecule has 5 nitrogen and oxygen atoms in total. The molecule has 0 saturated heterocycles. The lowest BCUT2D eigenvalue weighted by Crippen LogP contribution is -1.86. The van der Waals surface area contributed by atoms with Crippen molar-refractivity contribution in [3.63, 3.8) is 0 Å². The number of oxazole rings is 2. The number of benzene rings is 1. The van der Waals surface area contributed by atoms with Crippen LogP contribution < -0.4 is 5.73 Å². The predicted molar refractivity (Wildman–Crippen MR) is 68.0 cm³/mol. The standard InChI is InChI=1S/C13H13N3O2/c1-3-9-12(18-13(14)16-9)8-4-5-10-11(6-8)17-7(2)15-10/h4-6H,3H2,1-2H3,(H2,14,16). The summed E-state index contributed by atoms with van der Waals surface area (Å²) in [7, 11) is 0. The van der Waals surface area contributed by atoms with Gasteiger partial charge in [-0.25, -0.2) is 4.98 Å². The summed E-state index contributed by atoms with van der Waals surface area (Å²) >= 11 is 0. The fourth-order valence-electron chi connectivity index (χ4n) is 2.02. The van der Waals surface area contributed by atoms with Crippen LogP contribution in [0.2, 0.25) is 0 Å². The molecule has 0 amide bonds. The molecule has 2 heterocycles. The van der Waals surface area contributed by atoms with Crippen molar-refractivity contribution in [3.8, 4) is 11.3 Å². The monoisotopic (exact) mass is 243 g/mol. The molecule has 0 bridgehead atoms. The molecule has 0 unspecified atom stereocenters. The molecule has 18 heavy (non-hydrogen) atoms. The number of aryl methyl sites for hydroxylation is 2. The van der Waals surface area contributed by atoms with Crippen molar-refractivity contribution in [2.45, 2.75) is 20.3 Å². The Morgan fingerprint density at radius 2 is 2.06 bits per heavy atom. The van der Waals surface area contributed by atoms with Gasteiger partial charge in [0.05, 0.1) is 5.69 Å². The molecule has 0 fully saturated rings. The van der Waals surface area contributed by atoms with Gasteiger partial charge in [-0.15, -0.1) is 0 Å². The molecule has 0 spiro atoms. The fourth-order valence-corrected chi connectivity index (χ4v) is 2.02. The second kappa shape index (κ2) is 3.87. The van der Waals surface area contributed by atoms with E-state index in [1.165, 1.54) is 0 Å². The first kappa shape index (κ1) is 10.8. The van der Waals surface area contributed by atoms with Gasteiger partial charge in [-0.3, -0.25) is 0 Å². The molecule has 0 aliphatic carbocycles. The Bertz CT molecular complexity index is 712. The summed E-state index contributed by atoms with van der Waals surface area (Å²) in [5, 5.41) is 0. The van der Waals surface area contributed by atoms with Crippen LogP contribution in [0.3, 0.4) is 0 Å². The summed E-state index contributed by atoms with van der Waals surface area (Å²) in [6.07, 6.45) is 0.767. The van der Waals surface area contributed by atoms with Crippen molar-refractivity contribution in [1.82, 2.24) is 9.97 Å². The highest BCUT2D eigenvalue weighted by Crippen LogP contribution is 2.29. The molecule has 0 aliphatic rings. The van der Waals surface area contributed by atoms with E-state index in [-0.39, 0.29) is 6.01 Å². The van der Waals surface area contributed by atoms with Crippen LogP contribution in [0.15, 0.2) is 27.0 Å². The van der Waals surface area contributed by atoms with Gasteiger partial charge >= 0.3 is 0 Å². The van der Waals surface area contributed by atoms with Gasteiger partial charge in [0.1, 0.15) is 5.52 Å². The first-order chi connectivity index (χ1) is 8.67. The Labute approximate surface area is 104 Å². The SMILES string of the molecule is CCc1nc(N)oc1-c1ccc2nc(C)oc2c1. The first-order valence-electron chi connectivity index (χ1n) is 5.80. The van der Waals surface area contributed by atoms with E-state index in [9.17, 15) is 0 Å². The van der Waals surface area contributed by atoms with Gasteiger partial charge in [0.2, 0.25) is 0 Å². The summed E-state index contributed by atoms with van der Waals surface area (Å²) in [5.41, 5.74) is 8.92. The van der Waals surface area contributed by atoms with Crippen molar-refractivity contribution in [2.75, 3.05) is 5.73 Å². The second-order valence-corrected chi connectivity index (χ2v) is 4.10. The topological polar surface area (TPSA) is 78.1 Å². The third-order valence-electron chi connectivity index (χ3n) is 2.81. The summed E-state index contributed by atoms with van der Waals surface area (Å²) in [6, 6.07) is 5.92. The number of anilines is 1. The molecular formula is C13H13N3O2. The molecular weight excluding hydrogens is 230 g/mol. The number of nitrogens with two attached hydrogens (primary N) is 1. The number of fused-ring (bicyclic) bond motifs is 1. The second-order valence-electron chi connectivity index (χ2n) is 4.10. The molecule has 3 rings (SSSR count). The van der Waals surface area contributed by atoms with Gasteiger partial charge in [0.15, 0.2) is 17.2 Å². The van der Waals surface area contributed by atoms with Gasteiger partial charge in [0, 0.05) is 12.5 Å². The van der Waals surface area contributed by atoms with E-state index in [0.29, 0.717) is 11.7 Å². The third kappa shape index (κ3) is 1.64. The highest BCUT2D eigenvalue weighted by molar-refractivity contribution is 5.79. The van der Waals surface area contributed by atoms with Gasteiger partial charge in [-0.1, -0.05) is 6.92 Å². The molecule has 5 heteroatoms. The number of rotatable bonds is 2. The van der Waals surface area contributed by atoms with Crippen LogP contribution in [0.5, 0.6) is 0 Å². The van der Waals surface area contributed by atoms with Crippen LogP contribution in [-0.2, 0) is 6.42 Å². The van der Waals surface area contributed by atoms with Crippen LogP contribution in [0.25, 0.3) is 22.4 Å². The van der Waals surface area contributed by atoms with E-state index < -0.39 is 0 Å². The molecule has 2 aromatic heterocycles. The number of hydrogen-bond acceptors (Lipinski definition) is 5. The van der Waals surface area contributed by atoms with Gasteiger partial charge in [-0.2, -0.15) is 4.98 Å². The highest BCUT2D eigenvalue weighted by Gasteiger charge is 2.13. The lowest BCUT2D eigenvalue weighted by molar-refractivity contribution is 0.560. The lowest BCUT2D eigenvalue weighted by atomic mass is 10.1. The Kier molecular flexibility index (Phi) is 2.33. The quantitative estimate of drug-likeness (QED) is 0.748. The molecule has 3 aromatic rings. The minimum Gasteiger partial charge on any atom is -0.441 e. The molecule has 0 aliphatic heterocycles. The molecule has 0 radical (unpaired) electrons. The summed E-state index contributed by atoms with van der Waals surface area (Å²) in [4.78, 5) is 8.41. The average Bonchev–Trinajstić information content (AvgIpc) is 2.89. The van der Waals surface area contributed by atoms with Crippen LogP contribution in [0, 0.1) is 6.92 Å². The van der Waals surface area contributed by atoms with E-state index in [0.717, 1.165) is 28.8 Å². The average molecular weight is 243 g/mol. The maximum atomic E-state index is 5.60. The van der Waals surface area contributed by atoms with Crippen molar-refractivity contribution in [2.24, 2.45) is 0 Å². The Morgan fingerprint density at radius 1 is 1.22 bits per heavy atom. The van der Waals surface area contributed by atoms with Crippen molar-refractivity contribution in [1.29, 1.82) is 0 Å². The van der Waals surface area contributed by atoms with E-state index >= 15 is 0 Å². The van der Waals surface area contributed by atoms with Crippen molar-refractivity contribution < 1.29 is 8.83 Å². The number of nitrogen functional groups attached to an aromatic ring is 1. The van der Waals surface area contributed by atoms with E-state index in [2.05, 4.69) is 9.97 Å². The van der Waals surface area contributed by atoms with Crippen LogP contribution in [0.1, 0.15) is 18.5 Å². The van der Waals surface area contributed by atoms with Crippen molar-refractivity contribution >= 4 is 17.1 Å². The zero-order valence-electron chi connectivity index (χ0n) is 10.2. The predicted octanol–water partition coefficient (Wildman–Crippen LogP) is 2.94. The van der Waals surface area contributed by atoms with E-state index in [1.54, 1.807) is 0 Å². The number of nitrogens with zero attached hydrogens (tertiary/aromatic N) is 2.